The van der Waals surface area contributed by atoms with E-state index in [2.05, 4.69) is 10.5 Å². The molecule has 0 radical (unpaired) electrons. The smallest absolute Gasteiger partial charge is 0.264 e. The van der Waals surface area contributed by atoms with Gasteiger partial charge in [-0.05, 0) is 54.1 Å². The third kappa shape index (κ3) is 7.77. The van der Waals surface area contributed by atoms with Gasteiger partial charge in [-0.3, -0.25) is 13.9 Å². The maximum atomic E-state index is 13.6. The van der Waals surface area contributed by atoms with Gasteiger partial charge in [0.15, 0.2) is 6.61 Å². The molecule has 1 fully saturated rings. The van der Waals surface area contributed by atoms with E-state index in [1.54, 1.807) is 59.5 Å². The molecule has 3 aromatic carbocycles. The van der Waals surface area contributed by atoms with Crippen LogP contribution in [0.4, 0.5) is 5.69 Å². The molecule has 0 aliphatic carbocycles. The van der Waals surface area contributed by atoms with Crippen LogP contribution in [0.1, 0.15) is 5.56 Å². The highest BCUT2D eigenvalue weighted by Gasteiger charge is 2.30. The number of anilines is 1. The van der Waals surface area contributed by atoms with E-state index in [1.165, 1.54) is 38.6 Å². The molecule has 4 rings (SSSR count). The molecule has 1 N–H and O–H groups in total. The van der Waals surface area contributed by atoms with Gasteiger partial charge >= 0.3 is 0 Å². The van der Waals surface area contributed by atoms with Crippen molar-refractivity contribution >= 4 is 33.7 Å². The fourth-order valence-electron chi connectivity index (χ4n) is 4.05. The van der Waals surface area contributed by atoms with Crippen LogP contribution in [0, 0.1) is 0 Å². The zero-order valence-electron chi connectivity index (χ0n) is 23.3. The average molecular weight is 597 g/mol. The number of nitrogens with one attached hydrogen (secondary N) is 1. The molecule has 1 saturated heterocycles. The molecule has 12 nitrogen and oxygen atoms in total. The number of morpholine rings is 1. The summed E-state index contributed by atoms with van der Waals surface area (Å²) in [6.07, 6.45) is 1.41. The van der Waals surface area contributed by atoms with Crippen LogP contribution in [0.3, 0.4) is 0 Å². The van der Waals surface area contributed by atoms with Crippen molar-refractivity contribution in [3.63, 3.8) is 0 Å². The van der Waals surface area contributed by atoms with Crippen molar-refractivity contribution in [2.24, 2.45) is 5.10 Å². The lowest BCUT2D eigenvalue weighted by molar-refractivity contribution is -0.137. The Morgan fingerprint density at radius 1 is 0.976 bits per heavy atom. The zero-order valence-corrected chi connectivity index (χ0v) is 24.1. The van der Waals surface area contributed by atoms with E-state index < -0.39 is 22.5 Å². The number of benzene rings is 3. The van der Waals surface area contributed by atoms with E-state index in [0.29, 0.717) is 43.4 Å². The van der Waals surface area contributed by atoms with E-state index in [0.717, 1.165) is 4.31 Å². The minimum atomic E-state index is -4.17. The van der Waals surface area contributed by atoms with E-state index in [-0.39, 0.29) is 28.8 Å². The lowest BCUT2D eigenvalue weighted by Crippen LogP contribution is -2.42. The van der Waals surface area contributed by atoms with Crippen molar-refractivity contribution in [2.75, 3.05) is 58.0 Å². The van der Waals surface area contributed by atoms with E-state index in [4.69, 9.17) is 18.9 Å². The Hall–Kier alpha value is -4.62. The summed E-state index contributed by atoms with van der Waals surface area (Å²) in [5.41, 5.74) is 3.14. The molecule has 42 heavy (non-hydrogen) atoms. The van der Waals surface area contributed by atoms with Crippen molar-refractivity contribution in [2.45, 2.75) is 4.90 Å². The second-order valence-electron chi connectivity index (χ2n) is 9.01. The van der Waals surface area contributed by atoms with Gasteiger partial charge in [0.05, 0.1) is 44.2 Å². The predicted octanol–water partition coefficient (Wildman–Crippen LogP) is 2.29. The number of hydrogen-bond acceptors (Lipinski definition) is 9. The first-order valence-corrected chi connectivity index (χ1v) is 14.5. The molecular formula is C29H32N4O8S. The number of sulfonamides is 1. The van der Waals surface area contributed by atoms with Crippen molar-refractivity contribution in [1.82, 2.24) is 10.3 Å². The summed E-state index contributed by atoms with van der Waals surface area (Å²) in [5, 5.41) is 3.97. The van der Waals surface area contributed by atoms with E-state index in [1.807, 2.05) is 0 Å². The monoisotopic (exact) mass is 596 g/mol. The Bertz CT molecular complexity index is 1490. The minimum absolute atomic E-state index is 0.000118. The van der Waals surface area contributed by atoms with Gasteiger partial charge in [0.2, 0.25) is 0 Å². The molecule has 3 aromatic rings. The fourth-order valence-corrected chi connectivity index (χ4v) is 5.50. The predicted molar refractivity (Wildman–Crippen MR) is 156 cm³/mol. The van der Waals surface area contributed by atoms with Crippen LogP contribution in [0.5, 0.6) is 17.2 Å². The standard InChI is InChI=1S/C29H32N4O8S/c1-38-24-12-13-27(39-2)26(18-24)33(42(36,37)25-6-4-3-5-7-25)20-28(34)31-30-19-22-8-10-23(11-9-22)41-21-29(35)32-14-16-40-17-15-32/h3-13,18-19H,14-17,20-21H2,1-2H3,(H,31,34)/b30-19-. The number of methoxy groups -OCH3 is 2. The summed E-state index contributed by atoms with van der Waals surface area (Å²) in [7, 11) is -1.31. The molecule has 13 heteroatoms. The highest BCUT2D eigenvalue weighted by Crippen LogP contribution is 2.35. The van der Waals surface area contributed by atoms with Crippen molar-refractivity contribution < 1.29 is 37.0 Å². The van der Waals surface area contributed by atoms with Crippen molar-refractivity contribution in [1.29, 1.82) is 0 Å². The van der Waals surface area contributed by atoms with Crippen molar-refractivity contribution in [3.8, 4) is 17.2 Å². The fraction of sp³-hybridized carbons (Fsp3) is 0.276. The van der Waals surface area contributed by atoms with Gasteiger partial charge in [-0.25, -0.2) is 13.8 Å². The maximum absolute atomic E-state index is 13.6. The number of rotatable bonds is 12. The lowest BCUT2D eigenvalue weighted by Gasteiger charge is -2.26. The molecule has 0 spiro atoms. The van der Waals surface area contributed by atoms with Crippen LogP contribution in [0.2, 0.25) is 0 Å². The molecule has 0 atom stereocenters. The zero-order chi connectivity index (χ0) is 30.0. The Morgan fingerprint density at radius 2 is 1.67 bits per heavy atom. The first-order chi connectivity index (χ1) is 20.3. The van der Waals surface area contributed by atoms with Crippen LogP contribution in [0.25, 0.3) is 0 Å². The molecule has 0 saturated carbocycles. The number of carbonyl (C=O) groups is 2. The van der Waals surface area contributed by atoms with Crippen molar-refractivity contribution in [3.05, 3.63) is 78.4 Å². The molecule has 1 aliphatic heterocycles. The average Bonchev–Trinajstić information content (AvgIpc) is 3.03. The molecule has 1 aliphatic rings. The quantitative estimate of drug-likeness (QED) is 0.249. The van der Waals surface area contributed by atoms with E-state index >= 15 is 0 Å². The second-order valence-corrected chi connectivity index (χ2v) is 10.9. The topological polar surface area (TPSA) is 136 Å². The van der Waals surface area contributed by atoms with Crippen LogP contribution in [-0.4, -0.2) is 85.0 Å². The van der Waals surface area contributed by atoms with Crippen LogP contribution < -0.4 is 23.9 Å². The van der Waals surface area contributed by atoms with Gasteiger partial charge in [-0.15, -0.1) is 0 Å². The number of hydrazone groups is 1. The summed E-state index contributed by atoms with van der Waals surface area (Å²) in [4.78, 5) is 26.9. The minimum Gasteiger partial charge on any atom is -0.497 e. The Labute approximate surface area is 244 Å². The number of hydrogen-bond donors (Lipinski definition) is 1. The van der Waals surface area contributed by atoms with Crippen LogP contribution in [-0.2, 0) is 24.3 Å². The molecular weight excluding hydrogens is 564 g/mol. The molecule has 0 unspecified atom stereocenters. The third-order valence-corrected chi connectivity index (χ3v) is 8.06. The lowest BCUT2D eigenvalue weighted by atomic mass is 10.2. The Morgan fingerprint density at radius 3 is 2.33 bits per heavy atom. The van der Waals surface area contributed by atoms with Gasteiger partial charge in [0.1, 0.15) is 23.8 Å². The van der Waals surface area contributed by atoms with Crippen LogP contribution in [0.15, 0.2) is 82.8 Å². The second kappa shape index (κ2) is 14.3. The largest absolute Gasteiger partial charge is 0.497 e. The summed E-state index contributed by atoms with van der Waals surface area (Å²) in [6.45, 7) is 1.48. The van der Waals surface area contributed by atoms with Gasteiger partial charge < -0.3 is 23.8 Å². The molecule has 222 valence electrons. The van der Waals surface area contributed by atoms with E-state index in [9.17, 15) is 18.0 Å². The summed E-state index contributed by atoms with van der Waals surface area (Å²) in [6, 6.07) is 19.2. The Kier molecular flexibility index (Phi) is 10.3. The SMILES string of the molecule is COc1ccc(OC)c(N(CC(=O)N/N=C\c2ccc(OCC(=O)N3CCOCC3)cc2)S(=O)(=O)c2ccccc2)c1. The third-order valence-electron chi connectivity index (χ3n) is 6.28. The molecule has 0 bridgehead atoms. The summed E-state index contributed by atoms with van der Waals surface area (Å²) < 4.78 is 49.7. The highest BCUT2D eigenvalue weighted by atomic mass is 32.2. The number of carbonyl (C=O) groups excluding carboxylic acids is 2. The van der Waals surface area contributed by atoms with Gasteiger partial charge in [0, 0.05) is 19.2 Å². The van der Waals surface area contributed by atoms with Gasteiger partial charge in [-0.2, -0.15) is 5.10 Å². The van der Waals surface area contributed by atoms with Crippen LogP contribution >= 0.6 is 0 Å². The summed E-state index contributed by atoms with van der Waals surface area (Å²) >= 11 is 0. The maximum Gasteiger partial charge on any atom is 0.264 e. The highest BCUT2D eigenvalue weighted by molar-refractivity contribution is 7.92. The first-order valence-electron chi connectivity index (χ1n) is 13.0. The normalized spacial score (nSPS) is 13.4. The molecule has 0 aromatic heterocycles. The molecule has 1 heterocycles. The summed E-state index contributed by atoms with van der Waals surface area (Å²) in [5.74, 6) is 0.335. The first kappa shape index (κ1) is 30.3. The van der Waals surface area contributed by atoms with Gasteiger partial charge in [0.25, 0.3) is 21.8 Å². The molecule has 2 amide bonds. The number of amides is 2. The number of ether oxygens (including phenoxy) is 4. The Balaban J connectivity index is 1.42. The number of nitrogens with zero attached hydrogens (tertiary/aromatic N) is 3. The van der Waals surface area contributed by atoms with Gasteiger partial charge in [-0.1, -0.05) is 18.2 Å².